The Morgan fingerprint density at radius 2 is 2.21 bits per heavy atom. The maximum Gasteiger partial charge on any atom is 0.261 e. The molecule has 0 amide bonds. The highest BCUT2D eigenvalue weighted by Gasteiger charge is 2.15. The topological polar surface area (TPSA) is 55.4 Å². The van der Waals surface area contributed by atoms with Crippen molar-refractivity contribution in [1.82, 2.24) is 0 Å². The molecule has 1 heterocycles. The van der Waals surface area contributed by atoms with E-state index in [0.29, 0.717) is 24.6 Å². The Balaban J connectivity index is 2.49. The highest BCUT2D eigenvalue weighted by atomic mass is 35.7. The molecule has 4 nitrogen and oxygen atoms in total. The molecule has 0 bridgehead atoms. The summed E-state index contributed by atoms with van der Waals surface area (Å²) in [5.41, 5.74) is 0.665. The molecule has 0 aromatic heterocycles. The van der Waals surface area contributed by atoms with Crippen LogP contribution in [0.5, 0.6) is 5.75 Å². The second kappa shape index (κ2) is 3.33. The fourth-order valence-corrected chi connectivity index (χ4v) is 2.05. The van der Waals surface area contributed by atoms with E-state index in [0.717, 1.165) is 0 Å². The predicted octanol–water partition coefficient (Wildman–Crippen LogP) is 1.42. The molecule has 1 aliphatic heterocycles. The summed E-state index contributed by atoms with van der Waals surface area (Å²) >= 11 is 0. The highest BCUT2D eigenvalue weighted by Crippen LogP contribution is 2.30. The zero-order valence-electron chi connectivity index (χ0n) is 7.16. The SMILES string of the molecule is O=S(=O)(Cl)c1ccc2c(c1)NCCO2. The summed E-state index contributed by atoms with van der Waals surface area (Å²) < 4.78 is 27.3. The Hall–Kier alpha value is -0.940. The van der Waals surface area contributed by atoms with Crippen molar-refractivity contribution in [2.24, 2.45) is 0 Å². The summed E-state index contributed by atoms with van der Waals surface area (Å²) in [6, 6.07) is 4.49. The minimum atomic E-state index is -3.66. The number of nitrogens with one attached hydrogen (secondary N) is 1. The smallest absolute Gasteiger partial charge is 0.261 e. The molecular formula is C8H8ClNO3S. The Bertz CT molecular complexity index is 458. The Kier molecular flexibility index (Phi) is 2.28. The lowest BCUT2D eigenvalue weighted by Crippen LogP contribution is -2.18. The molecule has 1 aromatic rings. The molecule has 14 heavy (non-hydrogen) atoms. The van der Waals surface area contributed by atoms with E-state index in [1.807, 2.05) is 0 Å². The standard InChI is InChI=1S/C8H8ClNO3S/c9-14(11,12)6-1-2-8-7(5-6)10-3-4-13-8/h1-2,5,10H,3-4H2. The van der Waals surface area contributed by atoms with E-state index in [2.05, 4.69) is 5.32 Å². The first-order valence-corrected chi connectivity index (χ1v) is 6.34. The lowest BCUT2D eigenvalue weighted by Gasteiger charge is -2.19. The number of fused-ring (bicyclic) bond motifs is 1. The van der Waals surface area contributed by atoms with E-state index in [1.54, 1.807) is 6.07 Å². The van der Waals surface area contributed by atoms with Gasteiger partial charge >= 0.3 is 0 Å². The van der Waals surface area contributed by atoms with Gasteiger partial charge in [-0.1, -0.05) is 0 Å². The number of rotatable bonds is 1. The number of ether oxygens (including phenoxy) is 1. The van der Waals surface area contributed by atoms with Gasteiger partial charge in [0.2, 0.25) is 0 Å². The van der Waals surface area contributed by atoms with Gasteiger partial charge in [0.1, 0.15) is 12.4 Å². The van der Waals surface area contributed by atoms with E-state index in [-0.39, 0.29) is 4.90 Å². The predicted molar refractivity (Wildman–Crippen MR) is 53.5 cm³/mol. The van der Waals surface area contributed by atoms with Crippen LogP contribution in [-0.2, 0) is 9.05 Å². The van der Waals surface area contributed by atoms with Crippen molar-refractivity contribution in [2.45, 2.75) is 4.90 Å². The molecule has 0 fully saturated rings. The first-order chi connectivity index (χ1) is 6.57. The van der Waals surface area contributed by atoms with E-state index in [9.17, 15) is 8.42 Å². The van der Waals surface area contributed by atoms with Crippen molar-refractivity contribution >= 4 is 25.4 Å². The third kappa shape index (κ3) is 1.78. The first-order valence-electron chi connectivity index (χ1n) is 4.03. The van der Waals surface area contributed by atoms with Crippen LogP contribution in [-0.4, -0.2) is 21.6 Å². The second-order valence-electron chi connectivity index (χ2n) is 2.87. The van der Waals surface area contributed by atoms with Gasteiger partial charge < -0.3 is 10.1 Å². The Morgan fingerprint density at radius 3 is 2.93 bits per heavy atom. The number of hydrogen-bond acceptors (Lipinski definition) is 4. The zero-order valence-corrected chi connectivity index (χ0v) is 8.73. The normalized spacial score (nSPS) is 15.2. The molecule has 0 atom stereocenters. The number of hydrogen-bond donors (Lipinski definition) is 1. The molecular weight excluding hydrogens is 226 g/mol. The summed E-state index contributed by atoms with van der Waals surface area (Å²) in [5.74, 6) is 0.653. The van der Waals surface area contributed by atoms with E-state index in [4.69, 9.17) is 15.4 Å². The maximum absolute atomic E-state index is 11.0. The minimum Gasteiger partial charge on any atom is -0.490 e. The highest BCUT2D eigenvalue weighted by molar-refractivity contribution is 8.13. The van der Waals surface area contributed by atoms with Crippen LogP contribution in [0.4, 0.5) is 5.69 Å². The van der Waals surface area contributed by atoms with Crippen LogP contribution >= 0.6 is 10.7 Å². The quantitative estimate of drug-likeness (QED) is 0.746. The number of anilines is 1. The molecule has 0 saturated carbocycles. The molecule has 0 spiro atoms. The molecule has 0 unspecified atom stereocenters. The van der Waals surface area contributed by atoms with Crippen LogP contribution in [0.15, 0.2) is 23.1 Å². The van der Waals surface area contributed by atoms with Gasteiger partial charge in [-0.2, -0.15) is 0 Å². The Labute approximate surface area is 86.3 Å². The molecule has 0 radical (unpaired) electrons. The van der Waals surface area contributed by atoms with Gasteiger partial charge in [0, 0.05) is 17.2 Å². The van der Waals surface area contributed by atoms with E-state index < -0.39 is 9.05 Å². The van der Waals surface area contributed by atoms with Gasteiger partial charge in [-0.05, 0) is 18.2 Å². The van der Waals surface area contributed by atoms with Crippen LogP contribution in [0.1, 0.15) is 0 Å². The summed E-state index contributed by atoms with van der Waals surface area (Å²) in [4.78, 5) is 0.0796. The minimum absolute atomic E-state index is 0.0796. The van der Waals surface area contributed by atoms with Crippen molar-refractivity contribution in [2.75, 3.05) is 18.5 Å². The first kappa shape index (κ1) is 9.61. The van der Waals surface area contributed by atoms with Crippen molar-refractivity contribution in [3.8, 4) is 5.75 Å². The molecule has 1 aliphatic rings. The monoisotopic (exact) mass is 233 g/mol. The fourth-order valence-electron chi connectivity index (χ4n) is 1.27. The summed E-state index contributed by atoms with van der Waals surface area (Å²) in [5, 5.41) is 3.03. The van der Waals surface area contributed by atoms with Gasteiger partial charge in [0.05, 0.1) is 10.6 Å². The van der Waals surface area contributed by atoms with Crippen LogP contribution in [0, 0.1) is 0 Å². The molecule has 76 valence electrons. The van der Waals surface area contributed by atoms with Gasteiger partial charge in [0.25, 0.3) is 9.05 Å². The molecule has 0 aliphatic carbocycles. The summed E-state index contributed by atoms with van der Waals surface area (Å²) in [6.45, 7) is 1.25. The number of halogens is 1. The fraction of sp³-hybridized carbons (Fsp3) is 0.250. The van der Waals surface area contributed by atoms with E-state index >= 15 is 0 Å². The average molecular weight is 234 g/mol. The van der Waals surface area contributed by atoms with Crippen LogP contribution in [0.2, 0.25) is 0 Å². The van der Waals surface area contributed by atoms with Crippen LogP contribution in [0.3, 0.4) is 0 Å². The largest absolute Gasteiger partial charge is 0.490 e. The van der Waals surface area contributed by atoms with Crippen molar-refractivity contribution < 1.29 is 13.2 Å². The molecule has 6 heteroatoms. The maximum atomic E-state index is 11.0. The average Bonchev–Trinajstić information content (AvgIpc) is 2.16. The molecule has 0 saturated heterocycles. The van der Waals surface area contributed by atoms with Gasteiger partial charge in [-0.3, -0.25) is 0 Å². The lowest BCUT2D eigenvalue weighted by molar-refractivity contribution is 0.323. The molecule has 1 N–H and O–H groups in total. The van der Waals surface area contributed by atoms with Gasteiger partial charge in [-0.15, -0.1) is 0 Å². The zero-order chi connectivity index (χ0) is 10.2. The second-order valence-corrected chi connectivity index (χ2v) is 5.44. The van der Waals surface area contributed by atoms with Gasteiger partial charge in [-0.25, -0.2) is 8.42 Å². The van der Waals surface area contributed by atoms with Crippen molar-refractivity contribution in [3.05, 3.63) is 18.2 Å². The van der Waals surface area contributed by atoms with Crippen molar-refractivity contribution in [3.63, 3.8) is 0 Å². The third-order valence-corrected chi connectivity index (χ3v) is 3.26. The molecule has 1 aromatic carbocycles. The third-order valence-electron chi connectivity index (χ3n) is 1.91. The van der Waals surface area contributed by atoms with Crippen molar-refractivity contribution in [1.29, 1.82) is 0 Å². The van der Waals surface area contributed by atoms with Crippen LogP contribution < -0.4 is 10.1 Å². The lowest BCUT2D eigenvalue weighted by atomic mass is 10.2. The van der Waals surface area contributed by atoms with Crippen LogP contribution in [0.25, 0.3) is 0 Å². The van der Waals surface area contributed by atoms with E-state index in [1.165, 1.54) is 12.1 Å². The summed E-state index contributed by atoms with van der Waals surface area (Å²) in [6.07, 6.45) is 0. The van der Waals surface area contributed by atoms with Gasteiger partial charge in [0.15, 0.2) is 0 Å². The number of benzene rings is 1. The summed E-state index contributed by atoms with van der Waals surface area (Å²) in [7, 11) is 1.55. The molecule has 2 rings (SSSR count). The Morgan fingerprint density at radius 1 is 1.43 bits per heavy atom.